The van der Waals surface area contributed by atoms with Gasteiger partial charge in [0, 0.05) is 0 Å². The molecule has 0 aliphatic carbocycles. The normalized spacial score (nSPS) is 13.1. The van der Waals surface area contributed by atoms with Crippen LogP contribution in [0.5, 0.6) is 0 Å². The molecule has 19 heavy (non-hydrogen) atoms. The van der Waals surface area contributed by atoms with Crippen molar-refractivity contribution in [1.82, 2.24) is 0 Å². The molecule has 0 atom stereocenters. The maximum atomic E-state index is 8.52. The van der Waals surface area contributed by atoms with E-state index in [0.29, 0.717) is 0 Å². The second kappa shape index (κ2) is 9.92. The molecule has 0 fully saturated rings. The Balaban J connectivity index is 3.95. The topological polar surface area (TPSA) is 58.9 Å². The summed E-state index contributed by atoms with van der Waals surface area (Å²) in [5, 5.41) is 17.0. The number of rotatable bonds is 9. The van der Waals surface area contributed by atoms with E-state index in [2.05, 4.69) is 42.7 Å². The quantitative estimate of drug-likeness (QED) is 0.209. The molecular weight excluding hydrogens is 244 g/mol. The number of allylic oxidation sites excluding steroid dienone is 5. The van der Waals surface area contributed by atoms with Crippen LogP contribution in [0.3, 0.4) is 0 Å². The molecule has 2 N–H and O–H groups in total. The summed E-state index contributed by atoms with van der Waals surface area (Å²) in [5.74, 6) is -1.48. The molecule has 0 aromatic rings. The monoisotopic (exact) mass is 270 g/mol. The Hall–Kier alpha value is -0.940. The molecule has 0 saturated heterocycles. The number of unbranched alkanes of at least 4 members (excludes halogenated alkanes) is 1. The average molecular weight is 270 g/mol. The first kappa shape index (κ1) is 18.1. The van der Waals surface area contributed by atoms with Crippen LogP contribution in [0.4, 0.5) is 0 Å². The largest absolute Gasteiger partial charge is 0.248 e. The highest BCUT2D eigenvalue weighted by atomic mass is 17.2. The van der Waals surface area contributed by atoms with E-state index in [4.69, 9.17) is 10.5 Å². The third-order valence-electron chi connectivity index (χ3n) is 2.70. The van der Waals surface area contributed by atoms with Crippen LogP contribution in [-0.2, 0) is 9.78 Å². The second-order valence-electron chi connectivity index (χ2n) is 5.05. The van der Waals surface area contributed by atoms with Crippen molar-refractivity contribution in [2.24, 2.45) is 0 Å². The molecule has 4 nitrogen and oxygen atoms in total. The summed E-state index contributed by atoms with van der Waals surface area (Å²) < 4.78 is 0. The predicted octanol–water partition coefficient (Wildman–Crippen LogP) is 4.71. The molecule has 0 aliphatic rings. The van der Waals surface area contributed by atoms with E-state index in [9.17, 15) is 0 Å². The molecular formula is C15H26O4. The molecule has 0 aromatic carbocycles. The van der Waals surface area contributed by atoms with Crippen molar-refractivity contribution in [3.63, 3.8) is 0 Å². The maximum absolute atomic E-state index is 8.52. The minimum Gasteiger partial charge on any atom is -0.248 e. The van der Waals surface area contributed by atoms with Crippen molar-refractivity contribution in [2.45, 2.75) is 59.2 Å². The van der Waals surface area contributed by atoms with Crippen molar-refractivity contribution in [2.75, 3.05) is 0 Å². The van der Waals surface area contributed by atoms with Crippen molar-refractivity contribution >= 4 is 0 Å². The Labute approximate surface area is 115 Å². The van der Waals surface area contributed by atoms with Gasteiger partial charge in [0.1, 0.15) is 0 Å². The fourth-order valence-electron chi connectivity index (χ4n) is 1.49. The van der Waals surface area contributed by atoms with Crippen LogP contribution in [0.2, 0.25) is 0 Å². The zero-order valence-electron chi connectivity index (χ0n) is 12.3. The lowest BCUT2D eigenvalue weighted by Gasteiger charge is -2.16. The van der Waals surface area contributed by atoms with Crippen LogP contribution in [0, 0.1) is 0 Å². The van der Waals surface area contributed by atoms with E-state index in [1.54, 1.807) is 6.08 Å². The maximum Gasteiger partial charge on any atom is 0.248 e. The molecule has 0 aromatic heterocycles. The molecule has 0 saturated carbocycles. The van der Waals surface area contributed by atoms with Crippen LogP contribution >= 0.6 is 0 Å². The first-order valence-corrected chi connectivity index (χ1v) is 6.55. The standard InChI is InChI=1S/C15H26O4/c1-13(2)9-8-11-14(3)10-6-5-7-12-15(4,18-16)19-17/h7,9-10,12,16-17H,5-6,8,11H2,1-4H3/b12-7+,14-10+. The summed E-state index contributed by atoms with van der Waals surface area (Å²) in [4.78, 5) is 8.02. The molecule has 4 heteroatoms. The molecule has 0 heterocycles. The van der Waals surface area contributed by atoms with Gasteiger partial charge >= 0.3 is 0 Å². The Morgan fingerprint density at radius 3 is 2.16 bits per heavy atom. The minimum absolute atomic E-state index is 0.794. The highest BCUT2D eigenvalue weighted by Crippen LogP contribution is 2.13. The van der Waals surface area contributed by atoms with Crippen molar-refractivity contribution in [1.29, 1.82) is 0 Å². The summed E-state index contributed by atoms with van der Waals surface area (Å²) in [6.07, 6.45) is 11.6. The lowest BCUT2D eigenvalue weighted by atomic mass is 10.1. The van der Waals surface area contributed by atoms with E-state index in [1.807, 2.05) is 0 Å². The van der Waals surface area contributed by atoms with E-state index in [-0.39, 0.29) is 0 Å². The van der Waals surface area contributed by atoms with Gasteiger partial charge in [0.05, 0.1) is 0 Å². The van der Waals surface area contributed by atoms with Crippen LogP contribution in [0.1, 0.15) is 53.4 Å². The first-order chi connectivity index (χ1) is 8.93. The zero-order chi connectivity index (χ0) is 14.7. The lowest BCUT2D eigenvalue weighted by molar-refractivity contribution is -0.462. The Morgan fingerprint density at radius 2 is 1.63 bits per heavy atom. The summed E-state index contributed by atoms with van der Waals surface area (Å²) in [7, 11) is 0. The van der Waals surface area contributed by atoms with Crippen LogP contribution in [-0.4, -0.2) is 16.3 Å². The fraction of sp³-hybridized carbons (Fsp3) is 0.600. The Morgan fingerprint density at radius 1 is 1.00 bits per heavy atom. The molecule has 0 spiro atoms. The minimum atomic E-state index is -1.48. The van der Waals surface area contributed by atoms with Gasteiger partial charge < -0.3 is 0 Å². The second-order valence-corrected chi connectivity index (χ2v) is 5.05. The van der Waals surface area contributed by atoms with Crippen molar-refractivity contribution in [3.8, 4) is 0 Å². The smallest absolute Gasteiger partial charge is 0.248 e. The molecule has 0 amide bonds. The molecule has 0 radical (unpaired) electrons. The Kier molecular flexibility index (Phi) is 9.43. The van der Waals surface area contributed by atoms with Gasteiger partial charge in [-0.05, 0) is 59.5 Å². The lowest BCUT2D eigenvalue weighted by Crippen LogP contribution is -2.26. The van der Waals surface area contributed by atoms with Crippen LogP contribution < -0.4 is 0 Å². The summed E-state index contributed by atoms with van der Waals surface area (Å²) in [6, 6.07) is 0. The molecule has 0 unspecified atom stereocenters. The third kappa shape index (κ3) is 9.62. The van der Waals surface area contributed by atoms with Gasteiger partial charge in [-0.3, -0.25) is 0 Å². The summed E-state index contributed by atoms with van der Waals surface area (Å²) in [6.45, 7) is 7.74. The van der Waals surface area contributed by atoms with E-state index < -0.39 is 5.79 Å². The van der Waals surface area contributed by atoms with E-state index >= 15 is 0 Å². The highest BCUT2D eigenvalue weighted by Gasteiger charge is 2.22. The SMILES string of the molecule is CC(C)=CCC/C(C)=C/CC/C=C/C(C)(OO)OO. The van der Waals surface area contributed by atoms with Crippen molar-refractivity contribution < 1.29 is 20.3 Å². The first-order valence-electron chi connectivity index (χ1n) is 6.55. The zero-order valence-corrected chi connectivity index (χ0v) is 12.3. The van der Waals surface area contributed by atoms with Gasteiger partial charge in [-0.25, -0.2) is 10.5 Å². The Bertz CT molecular complexity index is 321. The van der Waals surface area contributed by atoms with Crippen molar-refractivity contribution in [3.05, 3.63) is 35.5 Å². The van der Waals surface area contributed by atoms with Crippen LogP contribution in [0.15, 0.2) is 35.5 Å². The van der Waals surface area contributed by atoms with E-state index in [0.717, 1.165) is 25.7 Å². The van der Waals surface area contributed by atoms with Gasteiger partial charge in [0.15, 0.2) is 0 Å². The highest BCUT2D eigenvalue weighted by molar-refractivity contribution is 5.03. The fourth-order valence-corrected chi connectivity index (χ4v) is 1.49. The van der Waals surface area contributed by atoms with Gasteiger partial charge in [-0.1, -0.05) is 29.4 Å². The van der Waals surface area contributed by atoms with Gasteiger partial charge in [0.25, 0.3) is 0 Å². The number of hydrogen-bond donors (Lipinski definition) is 2. The summed E-state index contributed by atoms with van der Waals surface area (Å²) in [5.41, 5.74) is 2.72. The molecule has 110 valence electrons. The third-order valence-corrected chi connectivity index (χ3v) is 2.70. The van der Waals surface area contributed by atoms with Gasteiger partial charge in [0.2, 0.25) is 5.79 Å². The van der Waals surface area contributed by atoms with Gasteiger partial charge in [-0.15, -0.1) is 0 Å². The van der Waals surface area contributed by atoms with Crippen LogP contribution in [0.25, 0.3) is 0 Å². The predicted molar refractivity (Wildman–Crippen MR) is 76.6 cm³/mol. The van der Waals surface area contributed by atoms with E-state index in [1.165, 1.54) is 24.1 Å². The molecule has 0 rings (SSSR count). The average Bonchev–Trinajstić information content (AvgIpc) is 2.37. The summed E-state index contributed by atoms with van der Waals surface area (Å²) >= 11 is 0. The molecule has 0 bridgehead atoms. The van der Waals surface area contributed by atoms with Gasteiger partial charge in [-0.2, -0.15) is 9.78 Å². The number of hydrogen-bond acceptors (Lipinski definition) is 4. The molecule has 0 aliphatic heterocycles.